The van der Waals surface area contributed by atoms with E-state index >= 15 is 0 Å². The molecular weight excluding hydrogens is 232 g/mol. The van der Waals surface area contributed by atoms with Crippen molar-refractivity contribution in [1.29, 1.82) is 0 Å². The zero-order valence-corrected chi connectivity index (χ0v) is 10.1. The molecule has 2 aromatic rings. The van der Waals surface area contributed by atoms with Gasteiger partial charge in [-0.25, -0.2) is 9.97 Å². The van der Waals surface area contributed by atoms with E-state index in [1.165, 1.54) is 0 Å². The maximum atomic E-state index is 10.1. The second-order valence-corrected chi connectivity index (χ2v) is 4.98. The molecule has 2 aromatic heterocycles. The molecule has 1 unspecified atom stereocenters. The van der Waals surface area contributed by atoms with Crippen molar-refractivity contribution < 1.29 is 10.2 Å². The van der Waals surface area contributed by atoms with Gasteiger partial charge in [0.2, 0.25) is 0 Å². The zero-order chi connectivity index (χ0) is 12.9. The first kappa shape index (κ1) is 11.4. The Hall–Kier alpha value is -1.66. The minimum absolute atomic E-state index is 0.0710. The third kappa shape index (κ3) is 1.49. The third-order valence-corrected chi connectivity index (χ3v) is 3.82. The summed E-state index contributed by atoms with van der Waals surface area (Å²) in [5, 5.41) is 19.9. The monoisotopic (exact) mass is 248 g/mol. The number of anilines is 1. The number of nitrogens with zero attached hydrogens (tertiary/aromatic N) is 3. The molecule has 4 atom stereocenters. The van der Waals surface area contributed by atoms with Crippen LogP contribution in [0.2, 0.25) is 0 Å². The molecule has 18 heavy (non-hydrogen) atoms. The van der Waals surface area contributed by atoms with Gasteiger partial charge < -0.3 is 20.5 Å². The van der Waals surface area contributed by atoms with Crippen LogP contribution in [0.3, 0.4) is 0 Å². The minimum Gasteiger partial charge on any atom is -0.390 e. The number of aliphatic hydroxyl groups is 2. The van der Waals surface area contributed by atoms with E-state index in [9.17, 15) is 10.2 Å². The van der Waals surface area contributed by atoms with E-state index in [-0.39, 0.29) is 12.0 Å². The third-order valence-electron chi connectivity index (χ3n) is 3.82. The highest BCUT2D eigenvalue weighted by atomic mass is 16.3. The van der Waals surface area contributed by atoms with Crippen LogP contribution in [-0.2, 0) is 0 Å². The zero-order valence-electron chi connectivity index (χ0n) is 10.1. The van der Waals surface area contributed by atoms with E-state index in [1.807, 2.05) is 17.6 Å². The van der Waals surface area contributed by atoms with E-state index in [0.717, 1.165) is 11.9 Å². The second kappa shape index (κ2) is 3.93. The van der Waals surface area contributed by atoms with Crippen LogP contribution in [0.15, 0.2) is 18.6 Å². The second-order valence-electron chi connectivity index (χ2n) is 4.98. The van der Waals surface area contributed by atoms with E-state index in [2.05, 4.69) is 9.97 Å². The fourth-order valence-corrected chi connectivity index (χ4v) is 2.75. The highest BCUT2D eigenvalue weighted by Crippen LogP contribution is 2.36. The van der Waals surface area contributed by atoms with Crippen molar-refractivity contribution in [2.24, 2.45) is 5.92 Å². The topological polar surface area (TPSA) is 97.2 Å². The van der Waals surface area contributed by atoms with E-state index in [1.54, 1.807) is 12.5 Å². The van der Waals surface area contributed by atoms with Crippen LogP contribution in [0.5, 0.6) is 0 Å². The average molecular weight is 248 g/mol. The lowest BCUT2D eigenvalue weighted by Gasteiger charge is -2.18. The van der Waals surface area contributed by atoms with E-state index < -0.39 is 12.2 Å². The Morgan fingerprint density at radius 1 is 1.33 bits per heavy atom. The summed E-state index contributed by atoms with van der Waals surface area (Å²) in [7, 11) is 0. The SMILES string of the molecule is CC1C[C@@H](n2cnc3c(N)nccc32)[C@H](O)[C@@H]1O. The summed E-state index contributed by atoms with van der Waals surface area (Å²) in [4.78, 5) is 8.22. The normalized spacial score (nSPS) is 32.2. The first-order valence-corrected chi connectivity index (χ1v) is 6.02. The lowest BCUT2D eigenvalue weighted by Crippen LogP contribution is -2.28. The summed E-state index contributed by atoms with van der Waals surface area (Å²) in [6.45, 7) is 1.93. The number of nitrogen functional groups attached to an aromatic ring is 1. The smallest absolute Gasteiger partial charge is 0.151 e. The van der Waals surface area contributed by atoms with Gasteiger partial charge in [0.15, 0.2) is 5.82 Å². The molecular formula is C12H16N4O2. The average Bonchev–Trinajstić information content (AvgIpc) is 2.88. The fraction of sp³-hybridized carbons (Fsp3) is 0.500. The molecule has 0 bridgehead atoms. The summed E-state index contributed by atoms with van der Waals surface area (Å²) >= 11 is 0. The molecule has 0 spiro atoms. The summed E-state index contributed by atoms with van der Waals surface area (Å²) in [5.41, 5.74) is 7.24. The number of aliphatic hydroxyl groups excluding tert-OH is 2. The van der Waals surface area contributed by atoms with Crippen molar-refractivity contribution >= 4 is 16.9 Å². The summed E-state index contributed by atoms with van der Waals surface area (Å²) < 4.78 is 1.88. The van der Waals surface area contributed by atoms with Gasteiger partial charge in [0.1, 0.15) is 11.6 Å². The Morgan fingerprint density at radius 2 is 2.11 bits per heavy atom. The maximum Gasteiger partial charge on any atom is 0.151 e. The maximum absolute atomic E-state index is 10.1. The number of rotatable bonds is 1. The van der Waals surface area contributed by atoms with Crippen LogP contribution < -0.4 is 5.73 Å². The van der Waals surface area contributed by atoms with Crippen molar-refractivity contribution in [2.45, 2.75) is 31.6 Å². The van der Waals surface area contributed by atoms with E-state index in [0.29, 0.717) is 11.3 Å². The van der Waals surface area contributed by atoms with E-state index in [4.69, 9.17) is 5.73 Å². The molecule has 4 N–H and O–H groups in total. The standard InChI is InChI=1S/C12H16N4O2/c1-6-4-8(11(18)10(6)17)16-5-15-9-7(16)2-3-14-12(9)13/h2-3,5-6,8,10-11,17-18H,4H2,1H3,(H2,13,14)/t6?,8-,10-,11+/m1/s1. The van der Waals surface area contributed by atoms with Crippen molar-refractivity contribution in [3.05, 3.63) is 18.6 Å². The first-order chi connectivity index (χ1) is 8.59. The number of fused-ring (bicyclic) bond motifs is 1. The molecule has 0 aromatic carbocycles. The predicted octanol–water partition coefficient (Wildman–Crippen LogP) is 0.316. The van der Waals surface area contributed by atoms with Crippen LogP contribution in [0.25, 0.3) is 11.0 Å². The number of hydrogen-bond donors (Lipinski definition) is 3. The molecule has 0 saturated heterocycles. The summed E-state index contributed by atoms with van der Waals surface area (Å²) in [5.74, 6) is 0.453. The highest BCUT2D eigenvalue weighted by molar-refractivity contribution is 5.84. The summed E-state index contributed by atoms with van der Waals surface area (Å²) in [6, 6.07) is 1.66. The molecule has 1 aliphatic rings. The van der Waals surface area contributed by atoms with Gasteiger partial charge in [-0.15, -0.1) is 0 Å². The number of nitrogens with two attached hydrogens (primary N) is 1. The lowest BCUT2D eigenvalue weighted by molar-refractivity contribution is 0.00971. The van der Waals surface area contributed by atoms with Crippen molar-refractivity contribution in [3.63, 3.8) is 0 Å². The molecule has 1 saturated carbocycles. The lowest BCUT2D eigenvalue weighted by atomic mass is 10.1. The van der Waals surface area contributed by atoms with Gasteiger partial charge in [-0.1, -0.05) is 6.92 Å². The van der Waals surface area contributed by atoms with Gasteiger partial charge in [-0.3, -0.25) is 0 Å². The van der Waals surface area contributed by atoms with Gasteiger partial charge >= 0.3 is 0 Å². The molecule has 1 aliphatic carbocycles. The molecule has 6 nitrogen and oxygen atoms in total. The first-order valence-electron chi connectivity index (χ1n) is 6.02. The van der Waals surface area contributed by atoms with Crippen molar-refractivity contribution in [3.8, 4) is 0 Å². The van der Waals surface area contributed by atoms with Gasteiger partial charge in [-0.05, 0) is 18.4 Å². The van der Waals surface area contributed by atoms with Crippen LogP contribution in [0.4, 0.5) is 5.82 Å². The van der Waals surface area contributed by atoms with Gasteiger partial charge in [0.05, 0.1) is 24.0 Å². The molecule has 6 heteroatoms. The van der Waals surface area contributed by atoms with Crippen LogP contribution in [-0.4, -0.2) is 37.0 Å². The Balaban J connectivity index is 2.08. The number of aromatic nitrogens is 3. The molecule has 0 radical (unpaired) electrons. The molecule has 0 amide bonds. The minimum atomic E-state index is -0.771. The quantitative estimate of drug-likeness (QED) is 0.675. The Bertz CT molecular complexity index is 582. The van der Waals surface area contributed by atoms with Gasteiger partial charge in [-0.2, -0.15) is 0 Å². The Labute approximate surface area is 104 Å². The van der Waals surface area contributed by atoms with Crippen LogP contribution >= 0.6 is 0 Å². The molecule has 0 aliphatic heterocycles. The molecule has 96 valence electrons. The van der Waals surface area contributed by atoms with Crippen molar-refractivity contribution in [2.75, 3.05) is 5.73 Å². The van der Waals surface area contributed by atoms with Crippen molar-refractivity contribution in [1.82, 2.24) is 14.5 Å². The number of pyridine rings is 1. The predicted molar refractivity (Wildman–Crippen MR) is 66.8 cm³/mol. The number of imidazole rings is 1. The highest BCUT2D eigenvalue weighted by Gasteiger charge is 2.40. The summed E-state index contributed by atoms with van der Waals surface area (Å²) in [6.07, 6.45) is 2.53. The Kier molecular flexibility index (Phi) is 2.49. The number of hydrogen-bond acceptors (Lipinski definition) is 5. The van der Waals surface area contributed by atoms with Gasteiger partial charge in [0.25, 0.3) is 0 Å². The van der Waals surface area contributed by atoms with Crippen LogP contribution in [0, 0.1) is 5.92 Å². The molecule has 3 rings (SSSR count). The van der Waals surface area contributed by atoms with Gasteiger partial charge in [0, 0.05) is 6.20 Å². The Morgan fingerprint density at radius 3 is 2.78 bits per heavy atom. The fourth-order valence-electron chi connectivity index (χ4n) is 2.75. The molecule has 2 heterocycles. The largest absolute Gasteiger partial charge is 0.390 e. The molecule has 1 fully saturated rings. The van der Waals surface area contributed by atoms with Crippen LogP contribution in [0.1, 0.15) is 19.4 Å².